The highest BCUT2D eigenvalue weighted by atomic mass is 16.6. The molecule has 3 heteroatoms. The average molecular weight is 174 g/mol. The second-order valence-corrected chi connectivity index (χ2v) is 2.58. The molecule has 0 N–H and O–H groups in total. The maximum atomic E-state index is 5.14. The van der Waals surface area contributed by atoms with Gasteiger partial charge in [0, 0.05) is 16.9 Å². The molecule has 0 atom stereocenters. The minimum atomic E-state index is 0. The normalized spacial score (nSPS) is 9.31. The number of fused-ring (bicyclic) bond motifs is 1. The summed E-state index contributed by atoms with van der Waals surface area (Å²) in [5, 5.41) is 1.18. The van der Waals surface area contributed by atoms with Crippen molar-refractivity contribution in [1.82, 2.24) is 6.15 Å². The van der Waals surface area contributed by atoms with Crippen molar-refractivity contribution in [3.8, 4) is 0 Å². The lowest BCUT2D eigenvalue weighted by molar-refractivity contribution is -0.865. The maximum Gasteiger partial charge on any atom is 3.00 e. The Morgan fingerprint density at radius 3 is 2.54 bits per heavy atom. The van der Waals surface area contributed by atoms with Crippen molar-refractivity contribution >= 4 is 10.9 Å². The van der Waals surface area contributed by atoms with Gasteiger partial charge in [-0.15, -0.1) is 0 Å². The summed E-state index contributed by atoms with van der Waals surface area (Å²) >= 11 is 0. The Kier molecular flexibility index (Phi) is 2.62. The van der Waals surface area contributed by atoms with Crippen LogP contribution in [-0.2, 0) is 0 Å². The largest absolute Gasteiger partial charge is 3.00 e. The van der Waals surface area contributed by atoms with E-state index >= 15 is 0 Å². The fourth-order valence-corrected chi connectivity index (χ4v) is 1.29. The Bertz CT molecular complexity index is 396. The quantitative estimate of drug-likeness (QED) is 0.587. The van der Waals surface area contributed by atoms with Gasteiger partial charge in [0.2, 0.25) is 6.20 Å². The van der Waals surface area contributed by atoms with Crippen LogP contribution in [0.1, 0.15) is 0 Å². The third-order valence-corrected chi connectivity index (χ3v) is 1.87. The predicted octanol–water partition coefficient (Wildman–Crippen LogP) is 0.705. The van der Waals surface area contributed by atoms with E-state index in [4.69, 9.17) is 4.84 Å². The lowest BCUT2D eigenvalue weighted by atomic mass is 10.2. The van der Waals surface area contributed by atoms with Crippen LogP contribution in [0.15, 0.2) is 42.6 Å². The van der Waals surface area contributed by atoms with E-state index in [-0.39, 0.29) is 6.15 Å². The maximum absolute atomic E-state index is 5.14. The van der Waals surface area contributed by atoms with Gasteiger partial charge in [-0.25, -0.2) is 0 Å². The number of hydrogen-bond acceptors (Lipinski definition) is 1. The van der Waals surface area contributed by atoms with Crippen molar-refractivity contribution in [2.45, 2.75) is 0 Å². The summed E-state index contributed by atoms with van der Waals surface area (Å²) in [7, 11) is 1.66. The number of rotatable bonds is 1. The van der Waals surface area contributed by atoms with E-state index in [9.17, 15) is 0 Å². The van der Waals surface area contributed by atoms with E-state index in [1.54, 1.807) is 11.8 Å². The van der Waals surface area contributed by atoms with E-state index in [0.717, 1.165) is 5.52 Å². The van der Waals surface area contributed by atoms with Crippen molar-refractivity contribution in [1.29, 1.82) is 0 Å². The van der Waals surface area contributed by atoms with Gasteiger partial charge in [-0.3, -0.25) is 4.84 Å². The van der Waals surface area contributed by atoms with Gasteiger partial charge in [-0.05, 0) is 12.1 Å². The van der Waals surface area contributed by atoms with Gasteiger partial charge in [0.05, 0.1) is 5.39 Å². The Hall–Kier alpha value is -1.86. The molecule has 2 radical (unpaired) electrons. The van der Waals surface area contributed by atoms with E-state index in [1.165, 1.54) is 5.39 Å². The molecular weight excluding hydrogens is 164 g/mol. The van der Waals surface area contributed by atoms with E-state index in [2.05, 4.69) is 12.1 Å². The molecule has 1 heterocycles. The van der Waals surface area contributed by atoms with Gasteiger partial charge < -0.3 is 0 Å². The number of para-hydroxylation sites is 1. The first-order valence-electron chi connectivity index (χ1n) is 3.86. The second kappa shape index (κ2) is 3.70. The van der Waals surface area contributed by atoms with Gasteiger partial charge in [-0.1, -0.05) is 12.1 Å². The molecule has 0 aliphatic heterocycles. The number of hydrogen-bond donors (Lipinski definition) is 0. The zero-order valence-electron chi connectivity index (χ0n) is 7.34. The molecule has 0 bridgehead atoms. The number of nitrogens with zero attached hydrogens (tertiary/aromatic N) is 2. The average Bonchev–Trinajstić information content (AvgIpc) is 2.17. The third kappa shape index (κ3) is 1.50. The highest BCUT2D eigenvalue weighted by molar-refractivity contribution is 5.74. The lowest BCUT2D eigenvalue weighted by Gasteiger charge is -1.94. The molecule has 0 amide bonds. The highest BCUT2D eigenvalue weighted by Gasteiger charge is 3.00. The number of benzene rings is 1. The standard InChI is InChI=1S/C10H10NO.N/c1-12-11-8-4-6-9-5-2-3-7-10(9)11;/h2-8H,1H3;/q+1;+3. The summed E-state index contributed by atoms with van der Waals surface area (Å²) in [6.07, 6.45) is 1.89. The Morgan fingerprint density at radius 1 is 1.08 bits per heavy atom. The molecular formula is C10H10N2O+4. The SMILES string of the molecule is CO[n+]1cccc2ccccc21.[N+3]. The highest BCUT2D eigenvalue weighted by Crippen LogP contribution is 2.06. The molecule has 0 unspecified atom stereocenters. The first-order chi connectivity index (χ1) is 5.92. The van der Waals surface area contributed by atoms with E-state index in [1.807, 2.05) is 30.5 Å². The van der Waals surface area contributed by atoms with Crippen molar-refractivity contribution in [2.24, 2.45) is 0 Å². The van der Waals surface area contributed by atoms with Crippen LogP contribution in [0.25, 0.3) is 10.9 Å². The lowest BCUT2D eigenvalue weighted by Crippen LogP contribution is -2.40. The van der Waals surface area contributed by atoms with Crippen molar-refractivity contribution in [2.75, 3.05) is 7.11 Å². The summed E-state index contributed by atoms with van der Waals surface area (Å²) in [5.41, 5.74) is 1.09. The minimum absolute atomic E-state index is 0. The molecule has 62 valence electrons. The first-order valence-corrected chi connectivity index (χ1v) is 3.86. The zero-order valence-corrected chi connectivity index (χ0v) is 7.34. The molecule has 0 fully saturated rings. The van der Waals surface area contributed by atoms with E-state index in [0.29, 0.717) is 0 Å². The predicted molar refractivity (Wildman–Crippen MR) is 48.8 cm³/mol. The monoisotopic (exact) mass is 174 g/mol. The van der Waals surface area contributed by atoms with Crippen LogP contribution in [0.3, 0.4) is 0 Å². The number of aromatic nitrogens is 1. The van der Waals surface area contributed by atoms with Gasteiger partial charge in [0.25, 0.3) is 5.52 Å². The van der Waals surface area contributed by atoms with Crippen molar-refractivity contribution in [3.05, 3.63) is 42.6 Å². The van der Waals surface area contributed by atoms with Crippen molar-refractivity contribution in [3.63, 3.8) is 0 Å². The van der Waals surface area contributed by atoms with Crippen LogP contribution < -0.4 is 15.7 Å². The summed E-state index contributed by atoms with van der Waals surface area (Å²) in [4.78, 5) is 5.14. The zero-order chi connectivity index (χ0) is 8.39. The van der Waals surface area contributed by atoms with E-state index < -0.39 is 0 Å². The van der Waals surface area contributed by atoms with Gasteiger partial charge in [-0.2, -0.15) is 0 Å². The summed E-state index contributed by atoms with van der Waals surface area (Å²) in [5.74, 6) is 0. The Balaban J connectivity index is 0.000000845. The molecule has 0 aliphatic rings. The van der Waals surface area contributed by atoms with Gasteiger partial charge in [0.15, 0.2) is 0 Å². The Labute approximate surface area is 77.1 Å². The minimum Gasteiger partial charge on any atom is -0.274 e. The molecule has 1 aromatic heterocycles. The molecule has 0 aliphatic carbocycles. The van der Waals surface area contributed by atoms with Crippen LogP contribution in [0.4, 0.5) is 0 Å². The van der Waals surface area contributed by atoms with Crippen molar-refractivity contribution < 1.29 is 9.57 Å². The molecule has 0 saturated carbocycles. The van der Waals surface area contributed by atoms with Crippen LogP contribution in [0.5, 0.6) is 0 Å². The molecule has 0 spiro atoms. The fourth-order valence-electron chi connectivity index (χ4n) is 1.29. The van der Waals surface area contributed by atoms with Crippen LogP contribution in [0, 0.1) is 0 Å². The third-order valence-electron chi connectivity index (χ3n) is 1.87. The summed E-state index contributed by atoms with van der Waals surface area (Å²) in [6.45, 7) is 0. The summed E-state index contributed by atoms with van der Waals surface area (Å²) in [6, 6.07) is 12.1. The molecule has 2 aromatic rings. The van der Waals surface area contributed by atoms with Crippen LogP contribution in [0.2, 0.25) is 0 Å². The topological polar surface area (TPSA) is 43.6 Å². The van der Waals surface area contributed by atoms with Gasteiger partial charge in [0.1, 0.15) is 7.11 Å². The molecule has 2 rings (SSSR count). The Morgan fingerprint density at radius 2 is 1.77 bits per heavy atom. The van der Waals surface area contributed by atoms with Gasteiger partial charge >= 0.3 is 6.15 Å². The smallest absolute Gasteiger partial charge is 0.274 e. The first kappa shape index (κ1) is 9.23. The molecule has 1 aromatic carbocycles. The fraction of sp³-hybridized carbons (Fsp3) is 0.100. The second-order valence-electron chi connectivity index (χ2n) is 2.58. The summed E-state index contributed by atoms with van der Waals surface area (Å²) < 4.78 is 1.75. The number of pyridine rings is 1. The molecule has 0 saturated heterocycles. The van der Waals surface area contributed by atoms with Crippen LogP contribution in [-0.4, -0.2) is 7.11 Å². The molecule has 13 heavy (non-hydrogen) atoms. The molecule has 3 nitrogen and oxygen atoms in total. The van der Waals surface area contributed by atoms with Crippen LogP contribution >= 0.6 is 0 Å².